The molecular weight excluding hydrogens is 236 g/mol. The summed E-state index contributed by atoms with van der Waals surface area (Å²) in [4.78, 5) is 2.70. The first kappa shape index (κ1) is 15.3. The second-order valence-electron chi connectivity index (χ2n) is 6.81. The summed E-state index contributed by atoms with van der Waals surface area (Å²) in [6.07, 6.45) is 5.65. The van der Waals surface area contributed by atoms with Crippen LogP contribution in [0.1, 0.15) is 46.5 Å². The third-order valence-electron chi connectivity index (χ3n) is 5.12. The van der Waals surface area contributed by atoms with Gasteiger partial charge in [0.1, 0.15) is 0 Å². The highest BCUT2D eigenvalue weighted by Crippen LogP contribution is 2.33. The van der Waals surface area contributed by atoms with Crippen molar-refractivity contribution in [2.75, 3.05) is 26.7 Å². The van der Waals surface area contributed by atoms with Crippen LogP contribution in [0, 0.1) is 11.8 Å². The number of likely N-dealkylation sites (N-methyl/N-ethyl adjacent to an activating group) is 1. The van der Waals surface area contributed by atoms with Crippen molar-refractivity contribution in [3.63, 3.8) is 0 Å². The molecule has 0 aromatic rings. The Balaban J connectivity index is 2.03. The van der Waals surface area contributed by atoms with E-state index in [9.17, 15) is 0 Å². The molecule has 0 bridgehead atoms. The molecule has 2 rings (SSSR count). The third-order valence-corrected chi connectivity index (χ3v) is 5.12. The van der Waals surface area contributed by atoms with E-state index in [4.69, 9.17) is 4.74 Å². The maximum Gasteiger partial charge on any atom is 0.0674 e. The molecule has 4 unspecified atom stereocenters. The molecule has 1 saturated carbocycles. The molecule has 1 heterocycles. The van der Waals surface area contributed by atoms with E-state index in [1.54, 1.807) is 0 Å². The molecule has 3 nitrogen and oxygen atoms in total. The highest BCUT2D eigenvalue weighted by Gasteiger charge is 2.35. The van der Waals surface area contributed by atoms with Gasteiger partial charge in [0.15, 0.2) is 0 Å². The molecule has 0 aromatic carbocycles. The number of hydrogen-bond acceptors (Lipinski definition) is 3. The number of nitrogens with zero attached hydrogens (tertiary/aromatic N) is 1. The Kier molecular flexibility index (Phi) is 5.67. The van der Waals surface area contributed by atoms with E-state index in [0.717, 1.165) is 25.0 Å². The summed E-state index contributed by atoms with van der Waals surface area (Å²) in [6.45, 7) is 10.2. The van der Waals surface area contributed by atoms with E-state index in [1.165, 1.54) is 32.2 Å². The van der Waals surface area contributed by atoms with Crippen LogP contribution in [-0.2, 0) is 4.74 Å². The minimum Gasteiger partial charge on any atom is -0.377 e. The van der Waals surface area contributed by atoms with Gasteiger partial charge in [0.05, 0.1) is 6.10 Å². The monoisotopic (exact) mass is 268 g/mol. The summed E-state index contributed by atoms with van der Waals surface area (Å²) < 4.78 is 5.80. The van der Waals surface area contributed by atoms with Gasteiger partial charge in [-0.3, -0.25) is 4.90 Å². The first-order chi connectivity index (χ1) is 9.11. The summed E-state index contributed by atoms with van der Waals surface area (Å²) in [6, 6.07) is 1.37. The van der Waals surface area contributed by atoms with Crippen molar-refractivity contribution in [2.24, 2.45) is 11.8 Å². The Morgan fingerprint density at radius 1 is 1.26 bits per heavy atom. The van der Waals surface area contributed by atoms with E-state index in [0.29, 0.717) is 18.2 Å². The molecule has 0 radical (unpaired) electrons. The van der Waals surface area contributed by atoms with E-state index in [-0.39, 0.29) is 0 Å². The molecule has 1 aliphatic carbocycles. The molecule has 112 valence electrons. The SMILES string of the molecule is CNC1CCC(C(C)C)CC1N1CCCOC(C)C1. The molecule has 2 aliphatic rings. The summed E-state index contributed by atoms with van der Waals surface area (Å²) in [5.41, 5.74) is 0. The zero-order valence-electron chi connectivity index (χ0n) is 13.2. The predicted molar refractivity (Wildman–Crippen MR) is 80.4 cm³/mol. The molecule has 19 heavy (non-hydrogen) atoms. The van der Waals surface area contributed by atoms with Crippen molar-refractivity contribution in [3.05, 3.63) is 0 Å². The van der Waals surface area contributed by atoms with Gasteiger partial charge in [-0.25, -0.2) is 0 Å². The first-order valence-electron chi connectivity index (χ1n) is 8.14. The standard InChI is InChI=1S/C16H32N2O/c1-12(2)14-6-7-15(17-4)16(10-14)18-8-5-9-19-13(3)11-18/h12-17H,5-11H2,1-4H3. The third kappa shape index (κ3) is 3.93. The second-order valence-corrected chi connectivity index (χ2v) is 6.81. The highest BCUT2D eigenvalue weighted by atomic mass is 16.5. The summed E-state index contributed by atoms with van der Waals surface area (Å²) >= 11 is 0. The fourth-order valence-electron chi connectivity index (χ4n) is 3.85. The summed E-state index contributed by atoms with van der Waals surface area (Å²) in [5, 5.41) is 3.56. The zero-order chi connectivity index (χ0) is 13.8. The second kappa shape index (κ2) is 7.05. The van der Waals surface area contributed by atoms with Gasteiger partial charge in [-0.15, -0.1) is 0 Å². The molecule has 1 N–H and O–H groups in total. The molecule has 3 heteroatoms. The molecule has 0 aromatic heterocycles. The van der Waals surface area contributed by atoms with Crippen molar-refractivity contribution in [1.29, 1.82) is 0 Å². The van der Waals surface area contributed by atoms with Gasteiger partial charge in [-0.2, -0.15) is 0 Å². The summed E-state index contributed by atoms with van der Waals surface area (Å²) in [5.74, 6) is 1.72. The minimum absolute atomic E-state index is 0.388. The van der Waals surface area contributed by atoms with Gasteiger partial charge in [0.2, 0.25) is 0 Å². The van der Waals surface area contributed by atoms with Crippen LogP contribution in [0.3, 0.4) is 0 Å². The minimum atomic E-state index is 0.388. The normalized spacial score (nSPS) is 38.4. The van der Waals surface area contributed by atoms with Crippen LogP contribution >= 0.6 is 0 Å². The summed E-state index contributed by atoms with van der Waals surface area (Å²) in [7, 11) is 2.13. The average molecular weight is 268 g/mol. The zero-order valence-corrected chi connectivity index (χ0v) is 13.2. The molecular formula is C16H32N2O. The Hall–Kier alpha value is -0.120. The number of hydrogen-bond donors (Lipinski definition) is 1. The fourth-order valence-corrected chi connectivity index (χ4v) is 3.85. The quantitative estimate of drug-likeness (QED) is 0.851. The van der Waals surface area contributed by atoms with Crippen molar-refractivity contribution in [3.8, 4) is 0 Å². The van der Waals surface area contributed by atoms with Crippen LogP contribution in [0.4, 0.5) is 0 Å². The topological polar surface area (TPSA) is 24.5 Å². The average Bonchev–Trinajstić information content (AvgIpc) is 2.62. The van der Waals surface area contributed by atoms with Gasteiger partial charge in [-0.05, 0) is 51.5 Å². The van der Waals surface area contributed by atoms with Crippen molar-refractivity contribution >= 4 is 0 Å². The predicted octanol–water partition coefficient (Wildman–Crippen LogP) is 2.51. The maximum absolute atomic E-state index is 5.80. The Bertz CT molecular complexity index is 269. The molecule has 4 atom stereocenters. The van der Waals surface area contributed by atoms with Gasteiger partial charge in [-0.1, -0.05) is 13.8 Å². The van der Waals surface area contributed by atoms with Crippen LogP contribution in [0.25, 0.3) is 0 Å². The van der Waals surface area contributed by atoms with Crippen molar-refractivity contribution in [2.45, 2.75) is 64.6 Å². The van der Waals surface area contributed by atoms with Gasteiger partial charge < -0.3 is 10.1 Å². The van der Waals surface area contributed by atoms with Gasteiger partial charge >= 0.3 is 0 Å². The van der Waals surface area contributed by atoms with E-state index >= 15 is 0 Å². The van der Waals surface area contributed by atoms with E-state index in [2.05, 4.69) is 38.0 Å². The van der Waals surface area contributed by atoms with Crippen LogP contribution in [0.2, 0.25) is 0 Å². The Labute approximate surface area is 119 Å². The molecule has 0 amide bonds. The van der Waals surface area contributed by atoms with Crippen molar-refractivity contribution in [1.82, 2.24) is 10.2 Å². The van der Waals surface area contributed by atoms with Crippen LogP contribution in [-0.4, -0.2) is 49.8 Å². The van der Waals surface area contributed by atoms with Gasteiger partial charge in [0.25, 0.3) is 0 Å². The number of nitrogens with one attached hydrogen (secondary N) is 1. The van der Waals surface area contributed by atoms with Crippen LogP contribution in [0.15, 0.2) is 0 Å². The number of ether oxygens (including phenoxy) is 1. The van der Waals surface area contributed by atoms with Crippen molar-refractivity contribution < 1.29 is 4.74 Å². The lowest BCUT2D eigenvalue weighted by Crippen LogP contribution is -2.54. The molecule has 2 fully saturated rings. The van der Waals surface area contributed by atoms with Crippen LogP contribution in [0.5, 0.6) is 0 Å². The maximum atomic E-state index is 5.80. The molecule has 1 saturated heterocycles. The molecule has 1 aliphatic heterocycles. The molecule has 0 spiro atoms. The first-order valence-corrected chi connectivity index (χ1v) is 8.14. The smallest absolute Gasteiger partial charge is 0.0674 e. The largest absolute Gasteiger partial charge is 0.377 e. The van der Waals surface area contributed by atoms with Gasteiger partial charge in [0, 0.05) is 31.8 Å². The van der Waals surface area contributed by atoms with E-state index < -0.39 is 0 Å². The fraction of sp³-hybridized carbons (Fsp3) is 1.00. The number of rotatable bonds is 3. The van der Waals surface area contributed by atoms with Crippen LogP contribution < -0.4 is 5.32 Å². The van der Waals surface area contributed by atoms with E-state index in [1.807, 2.05) is 0 Å². The lowest BCUT2D eigenvalue weighted by Gasteiger charge is -2.44. The Morgan fingerprint density at radius 3 is 2.74 bits per heavy atom. The lowest BCUT2D eigenvalue weighted by molar-refractivity contribution is 0.0410. The highest BCUT2D eigenvalue weighted by molar-refractivity contribution is 4.92. The lowest BCUT2D eigenvalue weighted by atomic mass is 9.76. The Morgan fingerprint density at radius 2 is 2.05 bits per heavy atom.